The summed E-state index contributed by atoms with van der Waals surface area (Å²) in [5.41, 5.74) is -0.231. The van der Waals surface area contributed by atoms with Crippen molar-refractivity contribution in [2.75, 3.05) is 33.7 Å². The average molecular weight is 374 g/mol. The Balaban J connectivity index is 2.48. The molecule has 0 spiro atoms. The number of rotatable bonds is 8. The topological polar surface area (TPSA) is 61.4 Å². The van der Waals surface area contributed by atoms with Crippen molar-refractivity contribution in [2.45, 2.75) is 20.3 Å². The van der Waals surface area contributed by atoms with E-state index in [-0.39, 0.29) is 11.8 Å². The summed E-state index contributed by atoms with van der Waals surface area (Å²) in [7, 11) is 3.85. The molecule has 7 heteroatoms. The average Bonchev–Trinajstić information content (AvgIpc) is 2.48. The van der Waals surface area contributed by atoms with Crippen LogP contribution in [0.3, 0.4) is 0 Å². The second-order valence-electron chi connectivity index (χ2n) is 6.43. The monoisotopic (exact) mass is 373 g/mol. The Bertz CT molecular complexity index is 589. The molecule has 0 saturated carbocycles. The first-order chi connectivity index (χ1) is 11.1. The highest BCUT2D eigenvalue weighted by atomic mass is 35.5. The van der Waals surface area contributed by atoms with Gasteiger partial charge in [-0.3, -0.25) is 9.59 Å². The van der Waals surface area contributed by atoms with E-state index in [1.807, 2.05) is 25.1 Å². The Hall–Kier alpha value is -1.30. The van der Waals surface area contributed by atoms with Gasteiger partial charge in [-0.2, -0.15) is 0 Å². The number of halogens is 2. The molecular formula is C17H25Cl2N3O2. The molecule has 0 aliphatic heterocycles. The molecule has 0 heterocycles. The van der Waals surface area contributed by atoms with Crippen LogP contribution >= 0.6 is 23.2 Å². The van der Waals surface area contributed by atoms with Gasteiger partial charge < -0.3 is 15.5 Å². The van der Waals surface area contributed by atoms with Gasteiger partial charge in [0.25, 0.3) is 0 Å². The second-order valence-corrected chi connectivity index (χ2v) is 7.27. The molecule has 0 aliphatic carbocycles. The van der Waals surface area contributed by atoms with Gasteiger partial charge in [0, 0.05) is 29.7 Å². The third-order valence-corrected chi connectivity index (χ3v) is 4.26. The predicted molar refractivity (Wildman–Crippen MR) is 98.5 cm³/mol. The Morgan fingerprint density at radius 2 is 1.67 bits per heavy atom. The van der Waals surface area contributed by atoms with Crippen LogP contribution in [0.2, 0.25) is 10.0 Å². The van der Waals surface area contributed by atoms with Crippen molar-refractivity contribution < 1.29 is 9.59 Å². The number of carbonyl (C=O) groups is 2. The van der Waals surface area contributed by atoms with Crippen molar-refractivity contribution in [3.05, 3.63) is 33.8 Å². The first-order valence-electron chi connectivity index (χ1n) is 7.80. The number of carbonyl (C=O) groups excluding carboxylic acids is 2. The lowest BCUT2D eigenvalue weighted by molar-refractivity contribution is -0.141. The van der Waals surface area contributed by atoms with E-state index < -0.39 is 5.41 Å². The SMILES string of the molecule is CN(C)CCNC(=O)C(C)(C)C(=O)NCCc1ccc(Cl)cc1Cl. The lowest BCUT2D eigenvalue weighted by Gasteiger charge is -2.23. The van der Waals surface area contributed by atoms with Crippen molar-refractivity contribution in [1.29, 1.82) is 0 Å². The van der Waals surface area contributed by atoms with Gasteiger partial charge >= 0.3 is 0 Å². The first-order valence-corrected chi connectivity index (χ1v) is 8.55. The highest BCUT2D eigenvalue weighted by Gasteiger charge is 2.35. The number of nitrogens with one attached hydrogen (secondary N) is 2. The first kappa shape index (κ1) is 20.7. The fourth-order valence-electron chi connectivity index (χ4n) is 1.97. The fraction of sp³-hybridized carbons (Fsp3) is 0.529. The predicted octanol–water partition coefficient (Wildman–Crippen LogP) is 2.36. The molecule has 0 aromatic heterocycles. The van der Waals surface area contributed by atoms with Crippen molar-refractivity contribution in [3.8, 4) is 0 Å². The summed E-state index contributed by atoms with van der Waals surface area (Å²) in [6.07, 6.45) is 0.570. The van der Waals surface area contributed by atoms with Crippen LogP contribution in [-0.4, -0.2) is 50.4 Å². The molecule has 0 radical (unpaired) electrons. The van der Waals surface area contributed by atoms with Crippen LogP contribution in [-0.2, 0) is 16.0 Å². The van der Waals surface area contributed by atoms with Crippen molar-refractivity contribution in [2.24, 2.45) is 5.41 Å². The number of hydrogen-bond donors (Lipinski definition) is 2. The van der Waals surface area contributed by atoms with Gasteiger partial charge in [-0.25, -0.2) is 0 Å². The molecule has 24 heavy (non-hydrogen) atoms. The minimum absolute atomic E-state index is 0.286. The van der Waals surface area contributed by atoms with Crippen LogP contribution in [0.25, 0.3) is 0 Å². The molecule has 0 bridgehead atoms. The minimum atomic E-state index is -1.13. The van der Waals surface area contributed by atoms with Crippen molar-refractivity contribution in [3.63, 3.8) is 0 Å². The Morgan fingerprint density at radius 1 is 1.08 bits per heavy atom. The third-order valence-electron chi connectivity index (χ3n) is 3.67. The van der Waals surface area contributed by atoms with E-state index in [2.05, 4.69) is 10.6 Å². The van der Waals surface area contributed by atoms with Gasteiger partial charge in [0.1, 0.15) is 5.41 Å². The molecule has 0 atom stereocenters. The molecule has 0 saturated heterocycles. The minimum Gasteiger partial charge on any atom is -0.355 e. The molecule has 1 aromatic carbocycles. The summed E-state index contributed by atoms with van der Waals surface area (Å²) in [5, 5.41) is 6.71. The molecule has 0 unspecified atom stereocenters. The lowest BCUT2D eigenvalue weighted by atomic mass is 9.91. The Morgan fingerprint density at radius 3 is 2.21 bits per heavy atom. The number of hydrogen-bond acceptors (Lipinski definition) is 3. The summed E-state index contributed by atoms with van der Waals surface area (Å²) in [6, 6.07) is 5.26. The van der Waals surface area contributed by atoms with E-state index in [1.165, 1.54) is 0 Å². The van der Waals surface area contributed by atoms with E-state index in [0.29, 0.717) is 29.6 Å². The van der Waals surface area contributed by atoms with E-state index in [9.17, 15) is 9.59 Å². The smallest absolute Gasteiger partial charge is 0.235 e. The number of benzene rings is 1. The van der Waals surface area contributed by atoms with Gasteiger partial charge in [0.2, 0.25) is 11.8 Å². The van der Waals surface area contributed by atoms with Gasteiger partial charge in [-0.1, -0.05) is 29.3 Å². The molecule has 134 valence electrons. The van der Waals surface area contributed by atoms with E-state index in [0.717, 1.165) is 12.1 Å². The maximum absolute atomic E-state index is 12.3. The second kappa shape index (κ2) is 9.25. The zero-order valence-corrected chi connectivity index (χ0v) is 16.1. The summed E-state index contributed by atoms with van der Waals surface area (Å²) < 4.78 is 0. The van der Waals surface area contributed by atoms with Crippen LogP contribution in [0.1, 0.15) is 19.4 Å². The Labute approximate surface area is 153 Å². The summed E-state index contributed by atoms with van der Waals surface area (Å²) in [5.74, 6) is -0.596. The number of nitrogens with zero attached hydrogens (tertiary/aromatic N) is 1. The standard InChI is InChI=1S/C17H25Cl2N3O2/c1-17(2,16(24)21-9-10-22(3)4)15(23)20-8-7-12-5-6-13(18)11-14(12)19/h5-6,11H,7-10H2,1-4H3,(H,20,23)(H,21,24). The molecular weight excluding hydrogens is 349 g/mol. The van der Waals surface area contributed by atoms with Crippen molar-refractivity contribution in [1.82, 2.24) is 15.5 Å². The van der Waals surface area contributed by atoms with Crippen LogP contribution in [0.5, 0.6) is 0 Å². The van der Waals surface area contributed by atoms with Crippen molar-refractivity contribution >= 4 is 35.0 Å². The number of amides is 2. The summed E-state index contributed by atoms with van der Waals surface area (Å²) in [4.78, 5) is 26.4. The third kappa shape index (κ3) is 6.30. The zero-order valence-electron chi connectivity index (χ0n) is 14.6. The molecule has 1 aromatic rings. The molecule has 0 fully saturated rings. The molecule has 2 amide bonds. The molecule has 5 nitrogen and oxygen atoms in total. The van der Waals surface area contributed by atoms with Crippen LogP contribution < -0.4 is 10.6 Å². The van der Waals surface area contributed by atoms with E-state index in [1.54, 1.807) is 26.0 Å². The quantitative estimate of drug-likeness (QED) is 0.687. The summed E-state index contributed by atoms with van der Waals surface area (Å²) in [6.45, 7) is 4.85. The van der Waals surface area contributed by atoms with E-state index in [4.69, 9.17) is 23.2 Å². The highest BCUT2D eigenvalue weighted by molar-refractivity contribution is 6.35. The van der Waals surface area contributed by atoms with Gasteiger partial charge in [0.15, 0.2) is 0 Å². The van der Waals surface area contributed by atoms with Crippen LogP contribution in [0.4, 0.5) is 0 Å². The molecule has 1 rings (SSSR count). The van der Waals surface area contributed by atoms with Crippen LogP contribution in [0, 0.1) is 5.41 Å². The lowest BCUT2D eigenvalue weighted by Crippen LogP contribution is -2.49. The van der Waals surface area contributed by atoms with E-state index >= 15 is 0 Å². The summed E-state index contributed by atoms with van der Waals surface area (Å²) >= 11 is 12.0. The number of likely N-dealkylation sites (N-methyl/N-ethyl adjacent to an activating group) is 1. The van der Waals surface area contributed by atoms with Gasteiger partial charge in [0.05, 0.1) is 0 Å². The van der Waals surface area contributed by atoms with Gasteiger partial charge in [-0.15, -0.1) is 0 Å². The largest absolute Gasteiger partial charge is 0.355 e. The Kier molecular flexibility index (Phi) is 8.00. The maximum atomic E-state index is 12.3. The maximum Gasteiger partial charge on any atom is 0.235 e. The zero-order chi connectivity index (χ0) is 18.3. The molecule has 0 aliphatic rings. The van der Waals surface area contributed by atoms with Gasteiger partial charge in [-0.05, 0) is 52.1 Å². The highest BCUT2D eigenvalue weighted by Crippen LogP contribution is 2.21. The normalized spacial score (nSPS) is 11.5. The fourth-order valence-corrected chi connectivity index (χ4v) is 2.48. The molecule has 2 N–H and O–H groups in total. The van der Waals surface area contributed by atoms with Crippen LogP contribution in [0.15, 0.2) is 18.2 Å².